The highest BCUT2D eigenvalue weighted by Gasteiger charge is 2.21. The maximum absolute atomic E-state index is 13.7. The smallest absolute Gasteiger partial charge is 0.247 e. The van der Waals surface area contributed by atoms with Gasteiger partial charge in [-0.15, -0.1) is 11.3 Å². The van der Waals surface area contributed by atoms with Crippen molar-refractivity contribution in [3.05, 3.63) is 87.6 Å². The molecule has 3 rings (SSSR count). The van der Waals surface area contributed by atoms with Gasteiger partial charge < -0.3 is 24.0 Å². The highest BCUT2D eigenvalue weighted by atomic mass is 32.1. The number of hydrogen-bond acceptors (Lipinski definition) is 6. The Labute approximate surface area is 242 Å². The Morgan fingerprint density at radius 1 is 0.925 bits per heavy atom. The summed E-state index contributed by atoms with van der Waals surface area (Å²) in [5.41, 5.74) is 1.97. The predicted molar refractivity (Wildman–Crippen MR) is 161 cm³/mol. The standard InChI is InChI=1S/C32H40N2O5S/c1-5-39-21-9-19-33(31(35)17-14-26-10-7-6-8-11-26)24-32(36)34(23-28-15-12-25(2)40-28)20-18-27-13-16-29(37-3)30(22-27)38-4/h6-8,10-17,22H,5,9,18-21,23-24H2,1-4H3. The molecular weight excluding hydrogens is 524 g/mol. The van der Waals surface area contributed by atoms with Crippen molar-refractivity contribution in [2.75, 3.05) is 47.1 Å². The van der Waals surface area contributed by atoms with E-state index < -0.39 is 0 Å². The first-order valence-corrected chi connectivity index (χ1v) is 14.4. The highest BCUT2D eigenvalue weighted by molar-refractivity contribution is 7.11. The number of ether oxygens (including phenoxy) is 3. The first-order valence-electron chi connectivity index (χ1n) is 13.6. The van der Waals surface area contributed by atoms with Gasteiger partial charge in [-0.1, -0.05) is 36.4 Å². The van der Waals surface area contributed by atoms with E-state index in [1.165, 1.54) is 4.88 Å². The largest absolute Gasteiger partial charge is 0.493 e. The first kappa shape index (κ1) is 30.9. The van der Waals surface area contributed by atoms with Crippen LogP contribution in [0.3, 0.4) is 0 Å². The van der Waals surface area contributed by atoms with Gasteiger partial charge in [0, 0.05) is 42.1 Å². The molecule has 1 aromatic heterocycles. The molecular formula is C32H40N2O5S. The Hall–Kier alpha value is -3.62. The van der Waals surface area contributed by atoms with Crippen LogP contribution in [0.2, 0.25) is 0 Å². The zero-order valence-electron chi connectivity index (χ0n) is 23.9. The average Bonchev–Trinajstić information content (AvgIpc) is 3.40. The lowest BCUT2D eigenvalue weighted by Gasteiger charge is -2.27. The molecule has 0 saturated heterocycles. The number of thiophene rings is 1. The molecule has 0 bridgehead atoms. The first-order chi connectivity index (χ1) is 19.4. The molecule has 0 spiro atoms. The van der Waals surface area contributed by atoms with Crippen molar-refractivity contribution in [3.8, 4) is 11.5 Å². The summed E-state index contributed by atoms with van der Waals surface area (Å²) in [4.78, 5) is 32.7. The van der Waals surface area contributed by atoms with Gasteiger partial charge in [-0.2, -0.15) is 0 Å². The molecule has 2 aromatic carbocycles. The van der Waals surface area contributed by atoms with Gasteiger partial charge in [-0.3, -0.25) is 9.59 Å². The van der Waals surface area contributed by atoms with Gasteiger partial charge in [0.1, 0.15) is 6.54 Å². The minimum Gasteiger partial charge on any atom is -0.493 e. The third kappa shape index (κ3) is 9.84. The van der Waals surface area contributed by atoms with Gasteiger partial charge >= 0.3 is 0 Å². The van der Waals surface area contributed by atoms with E-state index in [1.807, 2.05) is 60.4 Å². The molecule has 214 valence electrons. The van der Waals surface area contributed by atoms with Crippen molar-refractivity contribution >= 4 is 29.2 Å². The second-order valence-corrected chi connectivity index (χ2v) is 10.7. The van der Waals surface area contributed by atoms with Crippen molar-refractivity contribution in [2.24, 2.45) is 0 Å². The van der Waals surface area contributed by atoms with Gasteiger partial charge in [0.15, 0.2) is 11.5 Å². The third-order valence-corrected chi connectivity index (χ3v) is 7.38. The predicted octanol–water partition coefficient (Wildman–Crippen LogP) is 5.61. The van der Waals surface area contributed by atoms with E-state index in [4.69, 9.17) is 14.2 Å². The zero-order valence-corrected chi connectivity index (χ0v) is 24.7. The highest BCUT2D eigenvalue weighted by Crippen LogP contribution is 2.28. The van der Waals surface area contributed by atoms with Crippen LogP contribution < -0.4 is 9.47 Å². The Morgan fingerprint density at radius 2 is 1.70 bits per heavy atom. The fourth-order valence-corrected chi connectivity index (χ4v) is 5.13. The molecule has 0 saturated carbocycles. The second kappa shape index (κ2) is 16.5. The molecule has 0 unspecified atom stereocenters. The third-order valence-electron chi connectivity index (χ3n) is 6.39. The molecule has 0 aliphatic rings. The fourth-order valence-electron chi connectivity index (χ4n) is 4.22. The number of methoxy groups -OCH3 is 2. The van der Waals surface area contributed by atoms with E-state index in [0.717, 1.165) is 16.0 Å². The average molecular weight is 565 g/mol. The van der Waals surface area contributed by atoms with Gasteiger partial charge in [-0.25, -0.2) is 0 Å². The number of aryl methyl sites for hydroxylation is 1. The second-order valence-electron chi connectivity index (χ2n) is 9.32. The van der Waals surface area contributed by atoms with Crippen LogP contribution in [0.1, 0.15) is 34.2 Å². The van der Waals surface area contributed by atoms with Crippen molar-refractivity contribution in [2.45, 2.75) is 33.2 Å². The topological polar surface area (TPSA) is 68.3 Å². The summed E-state index contributed by atoms with van der Waals surface area (Å²) in [6.45, 7) is 6.59. The Balaban J connectivity index is 1.76. The molecule has 7 nitrogen and oxygen atoms in total. The van der Waals surface area contributed by atoms with Gasteiger partial charge in [0.05, 0.1) is 20.8 Å². The summed E-state index contributed by atoms with van der Waals surface area (Å²) in [6, 6.07) is 19.6. The molecule has 0 radical (unpaired) electrons. The SMILES string of the molecule is CCOCCCN(CC(=O)N(CCc1ccc(OC)c(OC)c1)Cc1ccc(C)s1)C(=O)C=Cc1ccccc1. The van der Waals surface area contributed by atoms with Crippen molar-refractivity contribution in [1.82, 2.24) is 9.80 Å². The summed E-state index contributed by atoms with van der Waals surface area (Å²) < 4.78 is 16.3. The maximum Gasteiger partial charge on any atom is 0.247 e. The lowest BCUT2D eigenvalue weighted by molar-refractivity contribution is -0.138. The van der Waals surface area contributed by atoms with E-state index in [1.54, 1.807) is 42.6 Å². The minimum atomic E-state index is -0.194. The molecule has 0 atom stereocenters. The number of nitrogens with zero attached hydrogens (tertiary/aromatic N) is 2. The molecule has 0 aliphatic carbocycles. The van der Waals surface area contributed by atoms with Crippen LogP contribution in [-0.2, 0) is 27.3 Å². The summed E-state index contributed by atoms with van der Waals surface area (Å²) in [7, 11) is 3.22. The van der Waals surface area contributed by atoms with E-state index in [-0.39, 0.29) is 18.4 Å². The Morgan fingerprint density at radius 3 is 2.38 bits per heavy atom. The number of carbonyl (C=O) groups is 2. The van der Waals surface area contributed by atoms with E-state index in [9.17, 15) is 9.59 Å². The van der Waals surface area contributed by atoms with Crippen molar-refractivity contribution < 1.29 is 23.8 Å². The van der Waals surface area contributed by atoms with Gasteiger partial charge in [-0.05, 0) is 68.2 Å². The Bertz CT molecular complexity index is 1240. The lowest BCUT2D eigenvalue weighted by atomic mass is 10.1. The number of hydrogen-bond donors (Lipinski definition) is 0. The van der Waals surface area contributed by atoms with Crippen molar-refractivity contribution in [1.29, 1.82) is 0 Å². The monoisotopic (exact) mass is 564 g/mol. The van der Waals surface area contributed by atoms with Gasteiger partial charge in [0.2, 0.25) is 11.8 Å². The minimum absolute atomic E-state index is 0.000376. The molecule has 3 aromatic rings. The molecule has 0 N–H and O–H groups in total. The number of benzene rings is 2. The van der Waals surface area contributed by atoms with E-state index in [2.05, 4.69) is 19.1 Å². The number of amides is 2. The van der Waals surface area contributed by atoms with Crippen LogP contribution >= 0.6 is 11.3 Å². The normalized spacial score (nSPS) is 11.0. The van der Waals surface area contributed by atoms with Crippen LogP contribution in [0, 0.1) is 6.92 Å². The summed E-state index contributed by atoms with van der Waals surface area (Å²) >= 11 is 1.68. The lowest BCUT2D eigenvalue weighted by Crippen LogP contribution is -2.43. The van der Waals surface area contributed by atoms with Gasteiger partial charge in [0.25, 0.3) is 0 Å². The number of carbonyl (C=O) groups excluding carboxylic acids is 2. The molecule has 0 aliphatic heterocycles. The van der Waals surface area contributed by atoms with Crippen LogP contribution in [0.15, 0.2) is 66.7 Å². The molecule has 40 heavy (non-hydrogen) atoms. The summed E-state index contributed by atoms with van der Waals surface area (Å²) in [5.74, 6) is 1.03. The molecule has 8 heteroatoms. The fraction of sp³-hybridized carbons (Fsp3) is 0.375. The van der Waals surface area contributed by atoms with Crippen LogP contribution in [0.25, 0.3) is 6.08 Å². The van der Waals surface area contributed by atoms with Crippen LogP contribution in [0.5, 0.6) is 11.5 Å². The van der Waals surface area contributed by atoms with Crippen LogP contribution in [0.4, 0.5) is 0 Å². The van der Waals surface area contributed by atoms with E-state index >= 15 is 0 Å². The molecule has 0 fully saturated rings. The van der Waals surface area contributed by atoms with Crippen molar-refractivity contribution in [3.63, 3.8) is 0 Å². The summed E-state index contributed by atoms with van der Waals surface area (Å²) in [5, 5.41) is 0. The van der Waals surface area contributed by atoms with Crippen LogP contribution in [-0.4, -0.2) is 68.7 Å². The summed E-state index contributed by atoms with van der Waals surface area (Å²) in [6.07, 6.45) is 4.62. The Kier molecular flexibility index (Phi) is 12.7. The molecule has 1 heterocycles. The number of rotatable bonds is 16. The van der Waals surface area contributed by atoms with E-state index in [0.29, 0.717) is 57.2 Å². The zero-order chi connectivity index (χ0) is 28.7. The maximum atomic E-state index is 13.7. The molecule has 2 amide bonds. The quantitative estimate of drug-likeness (QED) is 0.167.